The minimum absolute atomic E-state index is 0.00435. The Bertz CT molecular complexity index is 794. The monoisotopic (exact) mass is 353 g/mol. The number of amides is 2. The first-order valence-electron chi connectivity index (χ1n) is 8.70. The molecule has 1 aromatic carbocycles. The van der Waals surface area contributed by atoms with Gasteiger partial charge in [-0.1, -0.05) is 6.07 Å². The van der Waals surface area contributed by atoms with Gasteiger partial charge >= 0.3 is 0 Å². The number of benzene rings is 1. The maximum atomic E-state index is 12.9. The summed E-state index contributed by atoms with van der Waals surface area (Å²) in [7, 11) is 2.07. The van der Waals surface area contributed by atoms with Crippen molar-refractivity contribution in [2.75, 3.05) is 38.5 Å². The highest BCUT2D eigenvalue weighted by Crippen LogP contribution is 2.19. The fourth-order valence-electron chi connectivity index (χ4n) is 2.92. The lowest BCUT2D eigenvalue weighted by Gasteiger charge is -2.21. The Balaban J connectivity index is 1.76. The second-order valence-corrected chi connectivity index (χ2v) is 6.52. The molecule has 136 valence electrons. The zero-order chi connectivity index (χ0) is 18.5. The normalized spacial score (nSPS) is 15.4. The molecule has 2 amide bonds. The predicted octanol–water partition coefficient (Wildman–Crippen LogP) is 1.82. The average Bonchev–Trinajstić information content (AvgIpc) is 2.88. The van der Waals surface area contributed by atoms with Crippen LogP contribution in [-0.2, 0) is 0 Å². The van der Waals surface area contributed by atoms with E-state index in [1.54, 1.807) is 6.07 Å². The number of aryl methyl sites for hydroxylation is 1. The fraction of sp³-hybridized carbons (Fsp3) is 0.368. The van der Waals surface area contributed by atoms with Crippen LogP contribution in [-0.4, -0.2) is 64.8 Å². The molecule has 3 rings (SSSR count). The summed E-state index contributed by atoms with van der Waals surface area (Å²) < 4.78 is 0. The van der Waals surface area contributed by atoms with Gasteiger partial charge in [-0.15, -0.1) is 0 Å². The maximum Gasteiger partial charge on any atom is 0.275 e. The van der Waals surface area contributed by atoms with Gasteiger partial charge in [-0.3, -0.25) is 14.6 Å². The van der Waals surface area contributed by atoms with Gasteiger partial charge in [0.1, 0.15) is 5.69 Å². The van der Waals surface area contributed by atoms with E-state index in [0.717, 1.165) is 31.6 Å². The van der Waals surface area contributed by atoms with Crippen LogP contribution in [0.1, 0.15) is 32.8 Å². The van der Waals surface area contributed by atoms with E-state index in [1.165, 1.54) is 18.6 Å². The van der Waals surface area contributed by atoms with Crippen LogP contribution in [0, 0.1) is 6.92 Å². The Kier molecular flexibility index (Phi) is 5.58. The van der Waals surface area contributed by atoms with Crippen molar-refractivity contribution in [1.29, 1.82) is 0 Å². The van der Waals surface area contributed by atoms with E-state index in [9.17, 15) is 9.59 Å². The van der Waals surface area contributed by atoms with Crippen LogP contribution in [0.25, 0.3) is 0 Å². The molecule has 1 saturated heterocycles. The third-order valence-corrected chi connectivity index (χ3v) is 4.54. The van der Waals surface area contributed by atoms with Gasteiger partial charge in [0.15, 0.2) is 0 Å². The number of nitrogens with one attached hydrogen (secondary N) is 1. The molecule has 7 heteroatoms. The van der Waals surface area contributed by atoms with Gasteiger partial charge in [0.2, 0.25) is 0 Å². The average molecular weight is 353 g/mol. The van der Waals surface area contributed by atoms with E-state index in [4.69, 9.17) is 0 Å². The molecule has 1 aromatic heterocycles. The molecule has 0 bridgehead atoms. The molecule has 2 aromatic rings. The fourth-order valence-corrected chi connectivity index (χ4v) is 2.92. The lowest BCUT2D eigenvalue weighted by Crippen LogP contribution is -2.34. The van der Waals surface area contributed by atoms with E-state index in [-0.39, 0.29) is 17.5 Å². The molecule has 7 nitrogen and oxygen atoms in total. The SMILES string of the molecule is Cc1ccc(C(=O)N2CCCN(C)CC2)cc1NC(=O)c1cnccn1. The molecular formula is C19H23N5O2. The van der Waals surface area contributed by atoms with E-state index in [0.29, 0.717) is 17.8 Å². The lowest BCUT2D eigenvalue weighted by molar-refractivity contribution is 0.0762. The molecule has 0 unspecified atom stereocenters. The summed E-state index contributed by atoms with van der Waals surface area (Å²) in [5, 5.41) is 2.82. The first kappa shape index (κ1) is 18.0. The molecular weight excluding hydrogens is 330 g/mol. The maximum absolute atomic E-state index is 12.9. The van der Waals surface area contributed by atoms with Crippen molar-refractivity contribution < 1.29 is 9.59 Å². The second kappa shape index (κ2) is 8.05. The number of carbonyl (C=O) groups is 2. The second-order valence-electron chi connectivity index (χ2n) is 6.52. The van der Waals surface area contributed by atoms with Gasteiger partial charge in [0.05, 0.1) is 6.20 Å². The quantitative estimate of drug-likeness (QED) is 0.911. The molecule has 26 heavy (non-hydrogen) atoms. The lowest BCUT2D eigenvalue weighted by atomic mass is 10.1. The molecule has 0 saturated carbocycles. The number of carbonyl (C=O) groups excluding carboxylic acids is 2. The van der Waals surface area contributed by atoms with Crippen LogP contribution < -0.4 is 5.32 Å². The number of likely N-dealkylation sites (N-methyl/N-ethyl adjacent to an activating group) is 1. The first-order chi connectivity index (χ1) is 12.5. The van der Waals surface area contributed by atoms with Crippen molar-refractivity contribution in [3.63, 3.8) is 0 Å². The number of anilines is 1. The van der Waals surface area contributed by atoms with Crippen LogP contribution in [0.3, 0.4) is 0 Å². The molecule has 1 fully saturated rings. The molecule has 0 radical (unpaired) electrons. The number of hydrogen-bond acceptors (Lipinski definition) is 5. The Labute approximate surface area is 153 Å². The molecule has 0 atom stereocenters. The highest BCUT2D eigenvalue weighted by molar-refractivity contribution is 6.04. The number of aromatic nitrogens is 2. The van der Waals surface area contributed by atoms with Crippen LogP contribution in [0.15, 0.2) is 36.8 Å². The summed E-state index contributed by atoms with van der Waals surface area (Å²) in [6.45, 7) is 5.22. The molecule has 0 spiro atoms. The van der Waals surface area contributed by atoms with E-state index in [2.05, 4.69) is 27.2 Å². The van der Waals surface area contributed by atoms with Crippen molar-refractivity contribution >= 4 is 17.5 Å². The van der Waals surface area contributed by atoms with Crippen LogP contribution in [0.4, 0.5) is 5.69 Å². The van der Waals surface area contributed by atoms with E-state index >= 15 is 0 Å². The zero-order valence-corrected chi connectivity index (χ0v) is 15.1. The molecule has 1 N–H and O–H groups in total. The van der Waals surface area contributed by atoms with Crippen molar-refractivity contribution in [2.45, 2.75) is 13.3 Å². The number of hydrogen-bond donors (Lipinski definition) is 1. The summed E-state index contributed by atoms with van der Waals surface area (Å²) in [6, 6.07) is 5.40. The standard InChI is InChI=1S/C19H23N5O2/c1-14-4-5-15(19(26)24-9-3-8-23(2)10-11-24)12-16(14)22-18(25)17-13-20-6-7-21-17/h4-7,12-13H,3,8-11H2,1-2H3,(H,22,25). The molecule has 0 aliphatic carbocycles. The Morgan fingerprint density at radius 3 is 2.73 bits per heavy atom. The smallest absolute Gasteiger partial charge is 0.275 e. The van der Waals surface area contributed by atoms with E-state index < -0.39 is 0 Å². The van der Waals surface area contributed by atoms with Gasteiger partial charge in [-0.2, -0.15) is 0 Å². The topological polar surface area (TPSA) is 78.4 Å². The first-order valence-corrected chi connectivity index (χ1v) is 8.70. The van der Waals surface area contributed by atoms with Crippen LogP contribution in [0.2, 0.25) is 0 Å². The number of rotatable bonds is 3. The van der Waals surface area contributed by atoms with Gasteiger partial charge in [0.25, 0.3) is 11.8 Å². The molecule has 1 aliphatic rings. The van der Waals surface area contributed by atoms with Gasteiger partial charge < -0.3 is 15.1 Å². The largest absolute Gasteiger partial charge is 0.337 e. The van der Waals surface area contributed by atoms with Gasteiger partial charge in [0, 0.05) is 43.3 Å². The third-order valence-electron chi connectivity index (χ3n) is 4.54. The summed E-state index contributed by atoms with van der Waals surface area (Å²) in [5.74, 6) is -0.350. The Hall–Kier alpha value is -2.80. The summed E-state index contributed by atoms with van der Waals surface area (Å²) >= 11 is 0. The summed E-state index contributed by atoms with van der Waals surface area (Å²) in [6.07, 6.45) is 5.36. The van der Waals surface area contributed by atoms with Crippen LogP contribution in [0.5, 0.6) is 0 Å². The Morgan fingerprint density at radius 2 is 1.96 bits per heavy atom. The van der Waals surface area contributed by atoms with Crippen molar-refractivity contribution in [2.24, 2.45) is 0 Å². The minimum Gasteiger partial charge on any atom is -0.337 e. The summed E-state index contributed by atoms with van der Waals surface area (Å²) in [4.78, 5) is 37.2. The summed E-state index contributed by atoms with van der Waals surface area (Å²) in [5.41, 5.74) is 2.31. The highest BCUT2D eigenvalue weighted by atomic mass is 16.2. The Morgan fingerprint density at radius 1 is 1.12 bits per heavy atom. The highest BCUT2D eigenvalue weighted by Gasteiger charge is 2.20. The van der Waals surface area contributed by atoms with Crippen molar-refractivity contribution in [1.82, 2.24) is 19.8 Å². The molecule has 2 heterocycles. The minimum atomic E-state index is -0.345. The van der Waals surface area contributed by atoms with Gasteiger partial charge in [-0.05, 0) is 44.6 Å². The predicted molar refractivity (Wildman–Crippen MR) is 99.2 cm³/mol. The number of nitrogens with zero attached hydrogens (tertiary/aromatic N) is 4. The zero-order valence-electron chi connectivity index (χ0n) is 15.1. The third kappa shape index (κ3) is 4.23. The van der Waals surface area contributed by atoms with Crippen molar-refractivity contribution in [3.05, 3.63) is 53.6 Å². The van der Waals surface area contributed by atoms with Crippen molar-refractivity contribution in [3.8, 4) is 0 Å². The van der Waals surface area contributed by atoms with E-state index in [1.807, 2.05) is 24.0 Å². The van der Waals surface area contributed by atoms with Gasteiger partial charge in [-0.25, -0.2) is 4.98 Å². The van der Waals surface area contributed by atoms with Crippen LogP contribution >= 0.6 is 0 Å². The molecule has 1 aliphatic heterocycles.